The molecule has 116 valence electrons. The van der Waals surface area contributed by atoms with E-state index in [9.17, 15) is 4.79 Å². The van der Waals surface area contributed by atoms with Gasteiger partial charge in [-0.15, -0.1) is 0 Å². The zero-order valence-corrected chi connectivity index (χ0v) is 14.2. The molecule has 1 saturated heterocycles. The Balaban J connectivity index is 2.25. The van der Waals surface area contributed by atoms with Crippen LogP contribution in [0.3, 0.4) is 0 Å². The first-order chi connectivity index (χ1) is 9.81. The monoisotopic (exact) mass is 307 g/mol. The Labute approximate surface area is 131 Å². The minimum absolute atomic E-state index is 0.0772. The fraction of sp³-hybridized carbons (Fsp3) is 0.625. The predicted octanol–water partition coefficient (Wildman–Crippen LogP) is 2.93. The molecule has 1 aliphatic rings. The van der Waals surface area contributed by atoms with E-state index < -0.39 is 0 Å². The van der Waals surface area contributed by atoms with Gasteiger partial charge in [0.05, 0.1) is 0 Å². The molecule has 21 heavy (non-hydrogen) atoms. The molecule has 1 atom stereocenters. The summed E-state index contributed by atoms with van der Waals surface area (Å²) in [4.78, 5) is 19.0. The van der Waals surface area contributed by atoms with Crippen LogP contribution in [0.15, 0.2) is 12.1 Å². The SMILES string of the molecule is CCC1CN(C(=O)c2cc(N)nc(C(C)(C)C)c2)CCS1. The van der Waals surface area contributed by atoms with Crippen LogP contribution < -0.4 is 5.73 Å². The summed E-state index contributed by atoms with van der Waals surface area (Å²) in [6, 6.07) is 3.58. The fourth-order valence-electron chi connectivity index (χ4n) is 2.39. The maximum absolute atomic E-state index is 12.7. The Hall–Kier alpha value is -1.23. The molecule has 1 aliphatic heterocycles. The van der Waals surface area contributed by atoms with Gasteiger partial charge < -0.3 is 10.6 Å². The number of nitrogens with two attached hydrogens (primary N) is 1. The van der Waals surface area contributed by atoms with E-state index in [4.69, 9.17) is 5.73 Å². The summed E-state index contributed by atoms with van der Waals surface area (Å²) >= 11 is 1.96. The third kappa shape index (κ3) is 3.90. The fourth-order valence-corrected chi connectivity index (χ4v) is 3.57. The van der Waals surface area contributed by atoms with Crippen LogP contribution in [0.1, 0.15) is 50.2 Å². The summed E-state index contributed by atoms with van der Waals surface area (Å²) in [6.07, 6.45) is 1.10. The second-order valence-electron chi connectivity index (χ2n) is 6.57. The second kappa shape index (κ2) is 6.26. The molecule has 0 radical (unpaired) electrons. The van der Waals surface area contributed by atoms with E-state index in [1.807, 2.05) is 22.7 Å². The van der Waals surface area contributed by atoms with Crippen molar-refractivity contribution in [2.75, 3.05) is 24.6 Å². The minimum atomic E-state index is -0.117. The van der Waals surface area contributed by atoms with E-state index >= 15 is 0 Å². The molecule has 1 aromatic heterocycles. The van der Waals surface area contributed by atoms with Crippen LogP contribution in [0.4, 0.5) is 5.82 Å². The maximum Gasteiger partial charge on any atom is 0.254 e. The van der Waals surface area contributed by atoms with Crippen LogP contribution >= 0.6 is 11.8 Å². The number of thioether (sulfide) groups is 1. The average Bonchev–Trinajstić information content (AvgIpc) is 2.45. The van der Waals surface area contributed by atoms with Crippen molar-refractivity contribution in [1.29, 1.82) is 0 Å². The second-order valence-corrected chi connectivity index (χ2v) is 7.98. The summed E-state index contributed by atoms with van der Waals surface area (Å²) < 4.78 is 0. The molecular formula is C16H25N3OS. The summed E-state index contributed by atoms with van der Waals surface area (Å²) in [5, 5.41) is 0.545. The smallest absolute Gasteiger partial charge is 0.254 e. The highest BCUT2D eigenvalue weighted by molar-refractivity contribution is 8.00. The molecule has 1 aromatic rings. The lowest BCUT2D eigenvalue weighted by atomic mass is 9.90. The van der Waals surface area contributed by atoms with E-state index in [-0.39, 0.29) is 11.3 Å². The van der Waals surface area contributed by atoms with Crippen LogP contribution in [0, 0.1) is 0 Å². The van der Waals surface area contributed by atoms with E-state index in [1.165, 1.54) is 0 Å². The zero-order chi connectivity index (χ0) is 15.6. The van der Waals surface area contributed by atoms with Crippen molar-refractivity contribution in [3.05, 3.63) is 23.4 Å². The Bertz CT molecular complexity index is 525. The van der Waals surface area contributed by atoms with Gasteiger partial charge in [-0.2, -0.15) is 11.8 Å². The molecule has 0 aliphatic carbocycles. The number of carbonyl (C=O) groups excluding carboxylic acids is 1. The molecule has 4 nitrogen and oxygen atoms in total. The highest BCUT2D eigenvalue weighted by atomic mass is 32.2. The van der Waals surface area contributed by atoms with Gasteiger partial charge in [0.1, 0.15) is 5.82 Å². The summed E-state index contributed by atoms with van der Waals surface area (Å²) in [5.74, 6) is 1.51. The van der Waals surface area contributed by atoms with Crippen LogP contribution in [0.5, 0.6) is 0 Å². The van der Waals surface area contributed by atoms with Gasteiger partial charge in [0.25, 0.3) is 5.91 Å². The van der Waals surface area contributed by atoms with Gasteiger partial charge in [-0.1, -0.05) is 27.7 Å². The first-order valence-electron chi connectivity index (χ1n) is 7.50. The number of nitrogen functional groups attached to an aromatic ring is 1. The Morgan fingerprint density at radius 2 is 2.19 bits per heavy atom. The van der Waals surface area contributed by atoms with Crippen molar-refractivity contribution >= 4 is 23.5 Å². The van der Waals surface area contributed by atoms with Crippen LogP contribution in [-0.4, -0.2) is 39.9 Å². The molecule has 2 rings (SSSR count). The summed E-state index contributed by atoms with van der Waals surface area (Å²) in [7, 11) is 0. The lowest BCUT2D eigenvalue weighted by molar-refractivity contribution is 0.0760. The van der Waals surface area contributed by atoms with Gasteiger partial charge in [-0.05, 0) is 18.6 Å². The van der Waals surface area contributed by atoms with Crippen LogP contribution in [0.25, 0.3) is 0 Å². The Morgan fingerprint density at radius 1 is 1.48 bits per heavy atom. The number of nitrogens with zero attached hydrogens (tertiary/aromatic N) is 2. The quantitative estimate of drug-likeness (QED) is 0.912. The summed E-state index contributed by atoms with van der Waals surface area (Å²) in [6.45, 7) is 10.0. The highest BCUT2D eigenvalue weighted by Gasteiger charge is 2.25. The van der Waals surface area contributed by atoms with E-state index in [2.05, 4.69) is 32.7 Å². The number of aromatic nitrogens is 1. The van der Waals surface area contributed by atoms with Crippen LogP contribution in [-0.2, 0) is 5.41 Å². The number of anilines is 1. The first-order valence-corrected chi connectivity index (χ1v) is 8.55. The topological polar surface area (TPSA) is 59.2 Å². The maximum atomic E-state index is 12.7. The Kier molecular flexibility index (Phi) is 4.81. The number of hydrogen-bond donors (Lipinski definition) is 1. The van der Waals surface area contributed by atoms with Crippen molar-refractivity contribution in [1.82, 2.24) is 9.88 Å². The molecular weight excluding hydrogens is 282 g/mol. The molecule has 0 aromatic carbocycles. The van der Waals surface area contributed by atoms with Crippen molar-refractivity contribution in [3.63, 3.8) is 0 Å². The van der Waals surface area contributed by atoms with Crippen molar-refractivity contribution < 1.29 is 4.79 Å². The first kappa shape index (κ1) is 16.1. The van der Waals surface area contributed by atoms with E-state index in [0.717, 1.165) is 31.0 Å². The number of carbonyl (C=O) groups is 1. The van der Waals surface area contributed by atoms with Gasteiger partial charge in [-0.25, -0.2) is 4.98 Å². The van der Waals surface area contributed by atoms with Crippen LogP contribution in [0.2, 0.25) is 0 Å². The molecule has 2 heterocycles. The number of hydrogen-bond acceptors (Lipinski definition) is 4. The summed E-state index contributed by atoms with van der Waals surface area (Å²) in [5.41, 5.74) is 7.30. The highest BCUT2D eigenvalue weighted by Crippen LogP contribution is 2.25. The minimum Gasteiger partial charge on any atom is -0.384 e. The molecule has 2 N–H and O–H groups in total. The lowest BCUT2D eigenvalue weighted by Crippen LogP contribution is -2.41. The standard InChI is InChI=1S/C16H25N3OS/c1-5-12-10-19(6-7-21-12)15(20)11-8-13(16(2,3)4)18-14(17)9-11/h8-9,12H,5-7,10H2,1-4H3,(H2,17,18). The van der Waals surface area contributed by atoms with Gasteiger partial charge in [0.2, 0.25) is 0 Å². The zero-order valence-electron chi connectivity index (χ0n) is 13.3. The molecule has 1 unspecified atom stereocenters. The third-order valence-electron chi connectivity index (χ3n) is 3.74. The molecule has 5 heteroatoms. The van der Waals surface area contributed by atoms with Crippen molar-refractivity contribution in [3.8, 4) is 0 Å². The number of rotatable bonds is 2. The molecule has 1 fully saturated rings. The van der Waals surface area contributed by atoms with Gasteiger partial charge in [0.15, 0.2) is 0 Å². The molecule has 1 amide bonds. The van der Waals surface area contributed by atoms with Gasteiger partial charge in [0, 0.05) is 40.8 Å². The molecule has 0 spiro atoms. The van der Waals surface area contributed by atoms with E-state index in [1.54, 1.807) is 6.07 Å². The normalized spacial score (nSPS) is 19.6. The van der Waals surface area contributed by atoms with Gasteiger partial charge in [-0.3, -0.25) is 4.79 Å². The molecule has 0 bridgehead atoms. The van der Waals surface area contributed by atoms with Crippen molar-refractivity contribution in [2.24, 2.45) is 0 Å². The molecule has 0 saturated carbocycles. The Morgan fingerprint density at radius 3 is 2.81 bits per heavy atom. The lowest BCUT2D eigenvalue weighted by Gasteiger charge is -2.32. The number of pyridine rings is 1. The largest absolute Gasteiger partial charge is 0.384 e. The third-order valence-corrected chi connectivity index (χ3v) is 5.11. The van der Waals surface area contributed by atoms with E-state index in [0.29, 0.717) is 16.6 Å². The number of amides is 1. The average molecular weight is 307 g/mol. The predicted molar refractivity (Wildman–Crippen MR) is 89.8 cm³/mol. The van der Waals surface area contributed by atoms with Gasteiger partial charge >= 0.3 is 0 Å². The van der Waals surface area contributed by atoms with Crippen molar-refractivity contribution in [2.45, 2.75) is 44.8 Å².